The van der Waals surface area contributed by atoms with Gasteiger partial charge in [-0.25, -0.2) is 8.78 Å². The van der Waals surface area contributed by atoms with Crippen molar-refractivity contribution in [3.63, 3.8) is 0 Å². The predicted molar refractivity (Wildman–Crippen MR) is 206 cm³/mol. The number of nitrogens with one attached hydrogen (secondary N) is 3. The standard InChI is InChI=1S/C26H25F4N5O4.C14H13F4N3O/c1-38-18-2-3-21(19(8-18)26(28,29)30)35-17-7-20(27)22(33-12-17)13-34-24(37)25(4-5-39-14-25)9-23(36)15-6-16(31)11-32-10-15;1-22-9-2-3-12(10(5-9)14(16,17)18)21-8-4-11(15)13(6-19)20-7-8/h2-3,6-8,10-12,35H,4-5,9,13-14,31H2,1H3,(H,34,37);2-5,7,21H,6,19H2,1H3/t25-;/m0./s1. The van der Waals surface area contributed by atoms with Gasteiger partial charge in [0, 0.05) is 49.7 Å². The summed E-state index contributed by atoms with van der Waals surface area (Å²) in [6.45, 7) is -0.129. The van der Waals surface area contributed by atoms with Crippen LogP contribution in [0.4, 0.5) is 63.6 Å². The number of rotatable bonds is 13. The van der Waals surface area contributed by atoms with Crippen LogP contribution in [0.2, 0.25) is 0 Å². The molecule has 6 rings (SSSR count). The van der Waals surface area contributed by atoms with Crippen LogP contribution in [0.15, 0.2) is 79.4 Å². The number of amides is 1. The number of halogens is 8. The van der Waals surface area contributed by atoms with Crippen LogP contribution >= 0.6 is 0 Å². The van der Waals surface area contributed by atoms with E-state index in [1.54, 1.807) is 0 Å². The lowest BCUT2D eigenvalue weighted by molar-refractivity contribution is -0.137. The number of ketones is 1. The number of nitrogen functional groups attached to an aromatic ring is 1. The van der Waals surface area contributed by atoms with Crippen molar-refractivity contribution in [2.24, 2.45) is 11.1 Å². The highest BCUT2D eigenvalue weighted by Crippen LogP contribution is 2.40. The van der Waals surface area contributed by atoms with Crippen molar-refractivity contribution in [3.8, 4) is 11.5 Å². The first-order valence-corrected chi connectivity index (χ1v) is 18.0. The Morgan fingerprint density at radius 2 is 1.33 bits per heavy atom. The van der Waals surface area contributed by atoms with Gasteiger partial charge >= 0.3 is 12.4 Å². The first-order valence-electron chi connectivity index (χ1n) is 18.0. The molecule has 0 aliphatic carbocycles. The number of Topliss-reactive ketones (excluding diaryl/α,β-unsaturated/α-hetero) is 1. The molecule has 1 fully saturated rings. The SMILES string of the molecule is COc1ccc(Nc2cnc(CN)c(F)c2)c(C(F)(F)F)c1.COc1ccc(Nc2cnc(CNC(=O)[C@]3(CC(=O)c4cncc(N)c4)CCOC3)c(F)c2)c(C(F)(F)F)c1. The Morgan fingerprint density at radius 1 is 0.787 bits per heavy atom. The lowest BCUT2D eigenvalue weighted by atomic mass is 9.80. The molecule has 0 radical (unpaired) electrons. The zero-order chi connectivity index (χ0) is 44.5. The molecule has 3 aromatic heterocycles. The Labute approximate surface area is 342 Å². The molecule has 61 heavy (non-hydrogen) atoms. The summed E-state index contributed by atoms with van der Waals surface area (Å²) in [6, 6.07) is 10.2. The summed E-state index contributed by atoms with van der Waals surface area (Å²) in [4.78, 5) is 37.5. The van der Waals surface area contributed by atoms with Crippen LogP contribution < -0.4 is 36.9 Å². The van der Waals surface area contributed by atoms with Gasteiger partial charge in [0.25, 0.3) is 0 Å². The van der Waals surface area contributed by atoms with E-state index in [-0.39, 0.29) is 96.1 Å². The molecule has 0 spiro atoms. The van der Waals surface area contributed by atoms with Gasteiger partial charge in [-0.3, -0.25) is 24.5 Å². The van der Waals surface area contributed by atoms with Crippen LogP contribution in [0.5, 0.6) is 11.5 Å². The van der Waals surface area contributed by atoms with Gasteiger partial charge in [-0.1, -0.05) is 0 Å². The molecule has 4 heterocycles. The Morgan fingerprint density at radius 3 is 1.77 bits per heavy atom. The maximum atomic E-state index is 14.8. The summed E-state index contributed by atoms with van der Waals surface area (Å²) >= 11 is 0. The molecule has 7 N–H and O–H groups in total. The third kappa shape index (κ3) is 11.6. The summed E-state index contributed by atoms with van der Waals surface area (Å²) in [5.74, 6) is -2.30. The molecule has 1 saturated heterocycles. The van der Waals surface area contributed by atoms with E-state index in [0.29, 0.717) is 5.69 Å². The topological polar surface area (TPSA) is 189 Å². The summed E-state index contributed by atoms with van der Waals surface area (Å²) in [7, 11) is 2.52. The molecule has 1 amide bonds. The van der Waals surface area contributed by atoms with Crippen LogP contribution in [0.1, 0.15) is 45.7 Å². The minimum absolute atomic E-state index is 0.00247. The molecular formula is C40H38F8N8O5. The number of nitrogens with zero attached hydrogens (tertiary/aromatic N) is 3. The average Bonchev–Trinajstić information content (AvgIpc) is 3.70. The summed E-state index contributed by atoms with van der Waals surface area (Å²) in [5.41, 5.74) is 7.89. The summed E-state index contributed by atoms with van der Waals surface area (Å²) in [5, 5.41) is 7.63. The highest BCUT2D eigenvalue weighted by Gasteiger charge is 2.44. The number of nitrogens with two attached hydrogens (primary N) is 2. The Kier molecular flexibility index (Phi) is 14.3. The van der Waals surface area contributed by atoms with Crippen molar-refractivity contribution in [2.45, 2.75) is 38.3 Å². The maximum absolute atomic E-state index is 14.8. The number of hydrogen-bond acceptors (Lipinski definition) is 12. The maximum Gasteiger partial charge on any atom is 0.418 e. The van der Waals surface area contributed by atoms with E-state index in [2.05, 4.69) is 30.9 Å². The molecule has 1 atom stereocenters. The number of methoxy groups -OCH3 is 2. The van der Waals surface area contributed by atoms with Crippen molar-refractivity contribution < 1.29 is 58.9 Å². The molecule has 1 aliphatic heterocycles. The largest absolute Gasteiger partial charge is 0.497 e. The quantitative estimate of drug-likeness (QED) is 0.0574. The molecule has 21 heteroatoms. The normalized spacial score (nSPS) is 15.0. The Hall–Kier alpha value is -6.61. The van der Waals surface area contributed by atoms with E-state index >= 15 is 0 Å². The average molecular weight is 863 g/mol. The minimum atomic E-state index is -4.68. The number of anilines is 5. The number of aromatic nitrogens is 3. The third-order valence-corrected chi connectivity index (χ3v) is 9.23. The zero-order valence-corrected chi connectivity index (χ0v) is 32.3. The van der Waals surface area contributed by atoms with Gasteiger partial charge in [0.05, 0.1) is 96.1 Å². The Bertz CT molecular complexity index is 2360. The molecule has 5 aromatic rings. The molecule has 1 aliphatic rings. The first kappa shape index (κ1) is 45.5. The van der Waals surface area contributed by atoms with Crippen LogP contribution in [0, 0.1) is 17.0 Å². The highest BCUT2D eigenvalue weighted by molar-refractivity contribution is 6.00. The van der Waals surface area contributed by atoms with Crippen LogP contribution in [-0.4, -0.2) is 54.1 Å². The van der Waals surface area contributed by atoms with Crippen molar-refractivity contribution in [1.29, 1.82) is 0 Å². The smallest absolute Gasteiger partial charge is 0.418 e. The monoisotopic (exact) mass is 862 g/mol. The lowest BCUT2D eigenvalue weighted by Crippen LogP contribution is -2.43. The van der Waals surface area contributed by atoms with Gasteiger partial charge in [-0.2, -0.15) is 26.3 Å². The lowest BCUT2D eigenvalue weighted by Gasteiger charge is -2.25. The summed E-state index contributed by atoms with van der Waals surface area (Å²) in [6.07, 6.45) is -4.02. The van der Waals surface area contributed by atoms with Crippen LogP contribution in [0.3, 0.4) is 0 Å². The van der Waals surface area contributed by atoms with E-state index in [4.69, 9.17) is 25.7 Å². The molecule has 2 aromatic carbocycles. The highest BCUT2D eigenvalue weighted by atomic mass is 19.4. The van der Waals surface area contributed by atoms with E-state index < -0.39 is 46.4 Å². The van der Waals surface area contributed by atoms with E-state index in [1.807, 2.05) is 0 Å². The van der Waals surface area contributed by atoms with Crippen molar-refractivity contribution in [1.82, 2.24) is 20.3 Å². The second-order valence-electron chi connectivity index (χ2n) is 13.5. The number of ether oxygens (including phenoxy) is 3. The van der Waals surface area contributed by atoms with E-state index in [0.717, 1.165) is 36.5 Å². The fourth-order valence-electron chi connectivity index (χ4n) is 6.03. The number of benzene rings is 2. The van der Waals surface area contributed by atoms with Crippen molar-refractivity contribution in [2.75, 3.05) is 43.8 Å². The number of carbonyl (C=O) groups is 2. The molecule has 13 nitrogen and oxygen atoms in total. The van der Waals surface area contributed by atoms with Gasteiger partial charge in [0.1, 0.15) is 23.1 Å². The fourth-order valence-corrected chi connectivity index (χ4v) is 6.03. The second-order valence-corrected chi connectivity index (χ2v) is 13.5. The molecule has 0 bridgehead atoms. The number of hydrogen-bond donors (Lipinski definition) is 5. The van der Waals surface area contributed by atoms with E-state index in [1.165, 1.54) is 57.1 Å². The second kappa shape index (κ2) is 19.2. The Balaban J connectivity index is 0.000000271. The van der Waals surface area contributed by atoms with Crippen LogP contribution in [-0.2, 0) is 35.0 Å². The van der Waals surface area contributed by atoms with E-state index in [9.17, 15) is 44.7 Å². The first-order chi connectivity index (χ1) is 28.8. The zero-order valence-electron chi connectivity index (χ0n) is 32.3. The summed E-state index contributed by atoms with van der Waals surface area (Å²) < 4.78 is 123. The van der Waals surface area contributed by atoms with Gasteiger partial charge < -0.3 is 41.6 Å². The molecular weight excluding hydrogens is 824 g/mol. The minimum Gasteiger partial charge on any atom is -0.497 e. The van der Waals surface area contributed by atoms with Crippen LogP contribution in [0.25, 0.3) is 0 Å². The third-order valence-electron chi connectivity index (χ3n) is 9.23. The number of pyridine rings is 3. The molecule has 0 unspecified atom stereocenters. The molecule has 324 valence electrons. The number of alkyl halides is 6. The van der Waals surface area contributed by atoms with Crippen molar-refractivity contribution >= 4 is 40.1 Å². The van der Waals surface area contributed by atoms with Gasteiger partial charge in [-0.15, -0.1) is 0 Å². The molecule has 0 saturated carbocycles. The van der Waals surface area contributed by atoms with Gasteiger partial charge in [-0.05, 0) is 48.9 Å². The van der Waals surface area contributed by atoms with Crippen molar-refractivity contribution in [3.05, 3.63) is 119 Å². The van der Waals surface area contributed by atoms with Gasteiger partial charge in [0.2, 0.25) is 5.91 Å². The number of carbonyl (C=O) groups excluding carboxylic acids is 2. The predicted octanol–water partition coefficient (Wildman–Crippen LogP) is 7.72. The van der Waals surface area contributed by atoms with Gasteiger partial charge in [0.15, 0.2) is 5.78 Å². The fraction of sp³-hybridized carbons (Fsp3) is 0.275.